The van der Waals surface area contributed by atoms with E-state index >= 15 is 0 Å². The Morgan fingerprint density at radius 2 is 2.43 bits per heavy atom. The lowest BCUT2D eigenvalue weighted by molar-refractivity contribution is -0.379. The Bertz CT molecular complexity index is 359. The minimum absolute atomic E-state index is 0.0359. The molecule has 2 N–H and O–H groups in total. The third kappa shape index (κ3) is 1.58. The molecular formula is C8H11N3O2S. The molecule has 2 heterocycles. The predicted octanol–water partition coefficient (Wildman–Crippen LogP) is 1.43. The van der Waals surface area contributed by atoms with Gasteiger partial charge in [-0.15, -0.1) is 0 Å². The Labute approximate surface area is 85.3 Å². The summed E-state index contributed by atoms with van der Waals surface area (Å²) >= 11 is 1.15. The Hall–Kier alpha value is -1.14. The second kappa shape index (κ2) is 3.21. The van der Waals surface area contributed by atoms with E-state index in [-0.39, 0.29) is 15.5 Å². The van der Waals surface area contributed by atoms with Crippen molar-refractivity contribution in [3.63, 3.8) is 0 Å². The minimum atomic E-state index is -0.345. The van der Waals surface area contributed by atoms with E-state index in [1.54, 1.807) is 11.4 Å². The van der Waals surface area contributed by atoms with Gasteiger partial charge >= 0.3 is 5.00 Å². The third-order valence-electron chi connectivity index (χ3n) is 2.28. The second-order valence-corrected chi connectivity index (χ2v) is 4.58. The molecule has 0 unspecified atom stereocenters. The molecule has 0 amide bonds. The molecule has 1 fully saturated rings. The monoisotopic (exact) mass is 213 g/mol. The molecule has 2 rings (SSSR count). The van der Waals surface area contributed by atoms with E-state index in [0.717, 1.165) is 24.4 Å². The maximum absolute atomic E-state index is 10.6. The van der Waals surface area contributed by atoms with Gasteiger partial charge in [0.1, 0.15) is 5.69 Å². The van der Waals surface area contributed by atoms with Crippen molar-refractivity contribution < 1.29 is 4.92 Å². The molecule has 1 aliphatic rings. The summed E-state index contributed by atoms with van der Waals surface area (Å²) < 4.78 is 0. The van der Waals surface area contributed by atoms with Crippen LogP contribution in [0, 0.1) is 10.1 Å². The van der Waals surface area contributed by atoms with Crippen molar-refractivity contribution in [3.05, 3.63) is 21.6 Å². The van der Waals surface area contributed by atoms with Gasteiger partial charge < -0.3 is 10.6 Å². The number of thiophene rings is 1. The molecule has 6 heteroatoms. The van der Waals surface area contributed by atoms with Gasteiger partial charge in [0.25, 0.3) is 0 Å². The van der Waals surface area contributed by atoms with Gasteiger partial charge in [0.2, 0.25) is 0 Å². The number of nitro groups is 1. The lowest BCUT2D eigenvalue weighted by atomic mass is 9.95. The summed E-state index contributed by atoms with van der Waals surface area (Å²) in [6, 6.07) is 1.76. The quantitative estimate of drug-likeness (QED) is 0.588. The zero-order valence-corrected chi connectivity index (χ0v) is 8.56. The zero-order valence-electron chi connectivity index (χ0n) is 7.74. The molecule has 5 nitrogen and oxygen atoms in total. The van der Waals surface area contributed by atoms with Crippen molar-refractivity contribution in [2.75, 3.05) is 18.4 Å². The SMILES string of the molecule is CC1(Nc2ccsc2[N+](=O)[O-])CNC1. The van der Waals surface area contributed by atoms with Crippen LogP contribution in [0.3, 0.4) is 0 Å². The maximum atomic E-state index is 10.6. The molecule has 0 saturated carbocycles. The first kappa shape index (κ1) is 9.42. The number of rotatable bonds is 3. The van der Waals surface area contributed by atoms with E-state index < -0.39 is 0 Å². The molecule has 1 aromatic heterocycles. The summed E-state index contributed by atoms with van der Waals surface area (Å²) in [5.41, 5.74) is 0.593. The van der Waals surface area contributed by atoms with E-state index in [0.29, 0.717) is 5.69 Å². The summed E-state index contributed by atoms with van der Waals surface area (Å²) in [5.74, 6) is 0. The van der Waals surface area contributed by atoms with Gasteiger partial charge in [-0.3, -0.25) is 10.1 Å². The van der Waals surface area contributed by atoms with Crippen LogP contribution in [-0.4, -0.2) is 23.6 Å². The smallest absolute Gasteiger partial charge is 0.347 e. The van der Waals surface area contributed by atoms with E-state index in [4.69, 9.17) is 0 Å². The topological polar surface area (TPSA) is 67.2 Å². The Balaban J connectivity index is 2.16. The Morgan fingerprint density at radius 1 is 1.71 bits per heavy atom. The summed E-state index contributed by atoms with van der Waals surface area (Å²) in [4.78, 5) is 10.3. The van der Waals surface area contributed by atoms with Crippen LogP contribution in [0.4, 0.5) is 10.7 Å². The summed E-state index contributed by atoms with van der Waals surface area (Å²) in [7, 11) is 0. The summed E-state index contributed by atoms with van der Waals surface area (Å²) in [6.45, 7) is 3.74. The second-order valence-electron chi connectivity index (χ2n) is 3.69. The van der Waals surface area contributed by atoms with Crippen molar-refractivity contribution in [3.8, 4) is 0 Å². The fraction of sp³-hybridized carbons (Fsp3) is 0.500. The predicted molar refractivity (Wildman–Crippen MR) is 55.9 cm³/mol. The van der Waals surface area contributed by atoms with Gasteiger partial charge in [-0.1, -0.05) is 11.3 Å². The standard InChI is InChI=1S/C8H11N3O2S/c1-8(4-9-5-8)10-6-2-3-14-7(6)11(12)13/h2-3,9-10H,4-5H2,1H3. The molecule has 0 atom stereocenters. The Morgan fingerprint density at radius 3 is 2.93 bits per heavy atom. The molecule has 1 aliphatic heterocycles. The first-order valence-electron chi connectivity index (χ1n) is 4.31. The van der Waals surface area contributed by atoms with Crippen LogP contribution in [0.25, 0.3) is 0 Å². The van der Waals surface area contributed by atoms with Crippen LogP contribution >= 0.6 is 11.3 Å². The van der Waals surface area contributed by atoms with Crippen LogP contribution < -0.4 is 10.6 Å². The van der Waals surface area contributed by atoms with Crippen LogP contribution in [0.5, 0.6) is 0 Å². The third-order valence-corrected chi connectivity index (χ3v) is 3.14. The number of hydrogen-bond donors (Lipinski definition) is 2. The highest BCUT2D eigenvalue weighted by atomic mass is 32.1. The first-order valence-corrected chi connectivity index (χ1v) is 5.19. The number of hydrogen-bond acceptors (Lipinski definition) is 5. The molecule has 1 saturated heterocycles. The van der Waals surface area contributed by atoms with Crippen molar-refractivity contribution >= 4 is 22.0 Å². The Kier molecular flexibility index (Phi) is 2.16. The van der Waals surface area contributed by atoms with Gasteiger partial charge in [0.05, 0.1) is 10.5 Å². The lowest BCUT2D eigenvalue weighted by Gasteiger charge is -2.40. The molecule has 0 aromatic carbocycles. The lowest BCUT2D eigenvalue weighted by Crippen LogP contribution is -2.62. The van der Waals surface area contributed by atoms with Gasteiger partial charge in [-0.05, 0) is 18.4 Å². The van der Waals surface area contributed by atoms with Crippen LogP contribution in [-0.2, 0) is 0 Å². The number of nitrogens with zero attached hydrogens (tertiary/aromatic N) is 1. The summed E-state index contributed by atoms with van der Waals surface area (Å²) in [6.07, 6.45) is 0. The highest BCUT2D eigenvalue weighted by molar-refractivity contribution is 7.14. The molecule has 0 spiro atoms. The molecule has 0 aliphatic carbocycles. The average molecular weight is 213 g/mol. The fourth-order valence-corrected chi connectivity index (χ4v) is 2.12. The van der Waals surface area contributed by atoms with Gasteiger partial charge in [-0.2, -0.15) is 0 Å². The van der Waals surface area contributed by atoms with E-state index in [1.165, 1.54) is 0 Å². The molecule has 0 radical (unpaired) electrons. The average Bonchev–Trinajstić information content (AvgIpc) is 2.49. The number of anilines is 1. The van der Waals surface area contributed by atoms with E-state index in [2.05, 4.69) is 10.6 Å². The van der Waals surface area contributed by atoms with Crippen molar-refractivity contribution in [1.82, 2.24) is 5.32 Å². The highest BCUT2D eigenvalue weighted by Crippen LogP contribution is 2.33. The molecular weight excluding hydrogens is 202 g/mol. The van der Waals surface area contributed by atoms with Gasteiger partial charge in [0, 0.05) is 13.1 Å². The van der Waals surface area contributed by atoms with E-state index in [9.17, 15) is 10.1 Å². The maximum Gasteiger partial charge on any atom is 0.347 e. The van der Waals surface area contributed by atoms with Crippen LogP contribution in [0.2, 0.25) is 0 Å². The van der Waals surface area contributed by atoms with Crippen molar-refractivity contribution in [2.45, 2.75) is 12.5 Å². The molecule has 76 valence electrons. The highest BCUT2D eigenvalue weighted by Gasteiger charge is 2.33. The fourth-order valence-electron chi connectivity index (χ4n) is 1.45. The molecule has 0 bridgehead atoms. The summed E-state index contributed by atoms with van der Waals surface area (Å²) in [5, 5.41) is 18.9. The van der Waals surface area contributed by atoms with Crippen molar-refractivity contribution in [1.29, 1.82) is 0 Å². The largest absolute Gasteiger partial charge is 0.371 e. The first-order chi connectivity index (χ1) is 6.61. The van der Waals surface area contributed by atoms with Crippen molar-refractivity contribution in [2.24, 2.45) is 0 Å². The molecule has 14 heavy (non-hydrogen) atoms. The number of nitrogens with one attached hydrogen (secondary N) is 2. The van der Waals surface area contributed by atoms with Gasteiger partial charge in [-0.25, -0.2) is 0 Å². The van der Waals surface area contributed by atoms with Gasteiger partial charge in [0.15, 0.2) is 0 Å². The normalized spacial score (nSPS) is 18.6. The van der Waals surface area contributed by atoms with E-state index in [1.807, 2.05) is 6.92 Å². The zero-order chi connectivity index (χ0) is 10.2. The molecule has 1 aromatic rings. The van der Waals surface area contributed by atoms with Crippen LogP contribution in [0.15, 0.2) is 11.4 Å². The minimum Gasteiger partial charge on any atom is -0.371 e. The van der Waals surface area contributed by atoms with Crippen LogP contribution in [0.1, 0.15) is 6.92 Å².